The van der Waals surface area contributed by atoms with Crippen molar-refractivity contribution in [2.45, 2.75) is 19.3 Å². The summed E-state index contributed by atoms with van der Waals surface area (Å²) in [6.07, 6.45) is 0.420. The molecular formula is C33H43Fe4KN6O24. The summed E-state index contributed by atoms with van der Waals surface area (Å²) in [5, 5.41) is 125. The second-order valence-corrected chi connectivity index (χ2v) is 12.8. The number of carboxylic acids is 12. The molecule has 0 N–H and O–H groups in total. The number of aliphatic carboxylic acids is 12. The van der Waals surface area contributed by atoms with Crippen molar-refractivity contribution in [2.75, 3.05) is 118 Å². The van der Waals surface area contributed by atoms with E-state index in [0.29, 0.717) is 0 Å². The number of carboxylic acid groups (broad SMARTS) is 12. The monoisotopic (exact) mass is 1170 g/mol. The van der Waals surface area contributed by atoms with E-state index in [0.717, 1.165) is 29.4 Å². The van der Waals surface area contributed by atoms with Crippen molar-refractivity contribution in [3.8, 4) is 0 Å². The summed E-state index contributed by atoms with van der Waals surface area (Å²) >= 11 is 0. The van der Waals surface area contributed by atoms with Gasteiger partial charge in [0, 0.05) is 118 Å². The summed E-state index contributed by atoms with van der Waals surface area (Å²) in [7, 11) is 0. The van der Waals surface area contributed by atoms with E-state index in [9.17, 15) is 119 Å². The zero-order chi connectivity index (χ0) is 49.2. The van der Waals surface area contributed by atoms with Crippen LogP contribution in [0, 0.1) is 0 Å². The molecule has 0 atom stereocenters. The van der Waals surface area contributed by atoms with Crippen LogP contribution in [-0.2, 0) is 126 Å². The van der Waals surface area contributed by atoms with Crippen molar-refractivity contribution in [1.29, 1.82) is 0 Å². The van der Waals surface area contributed by atoms with Gasteiger partial charge in [0.2, 0.25) is 0 Å². The van der Waals surface area contributed by atoms with Crippen LogP contribution >= 0.6 is 0 Å². The van der Waals surface area contributed by atoms with E-state index < -0.39 is 150 Å². The van der Waals surface area contributed by atoms with E-state index in [2.05, 4.69) is 0 Å². The van der Waals surface area contributed by atoms with Gasteiger partial charge in [-0.25, -0.2) is 0 Å². The third-order valence-electron chi connectivity index (χ3n) is 7.08. The molecule has 0 fully saturated rings. The van der Waals surface area contributed by atoms with Crippen LogP contribution in [0.3, 0.4) is 0 Å². The first-order valence-corrected chi connectivity index (χ1v) is 17.8. The third-order valence-corrected chi connectivity index (χ3v) is 7.08. The van der Waals surface area contributed by atoms with Gasteiger partial charge in [0.15, 0.2) is 0 Å². The number of nitrogens with zero attached hydrogens (tertiary/aromatic N) is 6. The summed E-state index contributed by atoms with van der Waals surface area (Å²) in [4.78, 5) is 131. The maximum absolute atomic E-state index is 10.4. The molecule has 0 aliphatic rings. The Kier molecular flexibility index (Phi) is 59.3. The van der Waals surface area contributed by atoms with Crippen LogP contribution in [0.1, 0.15) is 19.3 Å². The van der Waals surface area contributed by atoms with Crippen molar-refractivity contribution in [1.82, 2.24) is 29.4 Å². The SMILES string of the molecule is O=C([O-])CN(CCCN(CC(=O)[O-])CC(=O)[O-])CC(=O)[O-].O=C([O-])CN(CCCN(CC(=O)[O-])CC(=O)[O-])CC(=O)[O-].O=C([O-])CN(CCCN(CC(=O)[O-])CC(=O)[O-])CC(=O)[O-].[Fe+3].[Fe+3].[Fe+3].[Fe+3].[KH]. The molecule has 0 bridgehead atoms. The Morgan fingerprint density at radius 3 is 0.338 bits per heavy atom. The number of carbonyl (C=O) groups excluding carboxylic acids is 12. The molecule has 0 aromatic carbocycles. The Bertz CT molecular complexity index is 1190. The topological polar surface area (TPSA) is 501 Å². The molecule has 0 saturated carbocycles. The fraction of sp³-hybridized carbons (Fsp3) is 0.636. The molecule has 30 nitrogen and oxygen atoms in total. The van der Waals surface area contributed by atoms with Gasteiger partial charge in [-0.2, -0.15) is 0 Å². The van der Waals surface area contributed by atoms with Crippen molar-refractivity contribution in [3.05, 3.63) is 0 Å². The van der Waals surface area contributed by atoms with Gasteiger partial charge in [-0.15, -0.1) is 0 Å². The molecule has 0 aromatic rings. The first-order chi connectivity index (χ1) is 29.1. The maximum atomic E-state index is 10.4. The Labute approximate surface area is 472 Å². The van der Waals surface area contributed by atoms with Gasteiger partial charge in [0.1, 0.15) is 0 Å². The number of hydrogen-bond acceptors (Lipinski definition) is 30. The van der Waals surface area contributed by atoms with Crippen LogP contribution in [0.25, 0.3) is 0 Å². The van der Waals surface area contributed by atoms with E-state index >= 15 is 0 Å². The van der Waals surface area contributed by atoms with Gasteiger partial charge >= 0.3 is 120 Å². The predicted molar refractivity (Wildman–Crippen MR) is 180 cm³/mol. The minimum atomic E-state index is -1.47. The zero-order valence-corrected chi connectivity index (χ0v) is 39.2. The van der Waals surface area contributed by atoms with Crippen molar-refractivity contribution < 1.29 is 187 Å². The van der Waals surface area contributed by atoms with E-state index in [1.54, 1.807) is 0 Å². The minimum absolute atomic E-state index is 0. The second-order valence-electron chi connectivity index (χ2n) is 12.8. The average Bonchev–Trinajstić information content (AvgIpc) is 3.05. The Hall–Kier alpha value is -2.89. The first-order valence-electron chi connectivity index (χ1n) is 17.8. The van der Waals surface area contributed by atoms with E-state index in [1.807, 2.05) is 0 Å². The Balaban J connectivity index is -0.000000128. The number of carbonyl (C=O) groups is 12. The van der Waals surface area contributed by atoms with E-state index in [-0.39, 0.29) is 178 Å². The van der Waals surface area contributed by atoms with E-state index in [1.165, 1.54) is 0 Å². The van der Waals surface area contributed by atoms with Crippen molar-refractivity contribution in [3.63, 3.8) is 0 Å². The fourth-order valence-corrected chi connectivity index (χ4v) is 5.03. The Morgan fingerprint density at radius 1 is 0.206 bits per heavy atom. The summed E-state index contributed by atoms with van der Waals surface area (Å²) in [6, 6.07) is 0. The summed E-state index contributed by atoms with van der Waals surface area (Å²) in [6.45, 7) is -7.65. The number of rotatable bonds is 36. The third kappa shape index (κ3) is 61.1. The van der Waals surface area contributed by atoms with E-state index in [4.69, 9.17) is 0 Å². The second kappa shape index (κ2) is 49.1. The molecule has 0 spiro atoms. The molecule has 35 heteroatoms. The van der Waals surface area contributed by atoms with Crippen molar-refractivity contribution in [2.24, 2.45) is 0 Å². The molecule has 0 amide bonds. The number of hydrogen-bond donors (Lipinski definition) is 0. The molecule has 0 aliphatic carbocycles. The molecule has 0 unspecified atom stereocenters. The van der Waals surface area contributed by atoms with Gasteiger partial charge in [0.25, 0.3) is 0 Å². The van der Waals surface area contributed by atoms with Gasteiger partial charge in [-0.1, -0.05) is 0 Å². The molecule has 0 aromatic heterocycles. The summed E-state index contributed by atoms with van der Waals surface area (Å²) < 4.78 is 0. The van der Waals surface area contributed by atoms with Crippen molar-refractivity contribution >= 4 is 123 Å². The fourth-order valence-electron chi connectivity index (χ4n) is 5.03. The molecule has 68 heavy (non-hydrogen) atoms. The standard InChI is InChI=1S/3C11H18N2O8.4Fe.K.H/c3*14-8(15)4-12(5-9(16)17)2-1-3-13(6-10(18)19)7-11(20)21;;;;;;/h3*1-7H2,(H,14,15)(H,16,17)(H,18,19)(H,20,21);;;;;;/q;;;4*+3;;/p-12. The summed E-state index contributed by atoms with van der Waals surface area (Å²) in [5.74, 6) is -17.7. The van der Waals surface area contributed by atoms with Gasteiger partial charge in [-0.05, 0) is 19.3 Å². The van der Waals surface area contributed by atoms with Crippen LogP contribution in [0.4, 0.5) is 0 Å². The molecule has 0 rings (SSSR count). The van der Waals surface area contributed by atoms with Crippen LogP contribution in [-0.4, -0.2) is 270 Å². The van der Waals surface area contributed by atoms with Crippen LogP contribution in [0.2, 0.25) is 0 Å². The quantitative estimate of drug-likeness (QED) is 0.0526. The predicted octanol–water partition coefficient (Wildman–Crippen LogP) is -21.7. The molecule has 0 aliphatic heterocycles. The zero-order valence-electron chi connectivity index (χ0n) is 34.7. The molecular weight excluding hydrogens is 1130 g/mol. The van der Waals surface area contributed by atoms with Crippen LogP contribution in [0.5, 0.6) is 0 Å². The molecule has 382 valence electrons. The molecule has 0 saturated heterocycles. The molecule has 4 radical (unpaired) electrons. The van der Waals surface area contributed by atoms with Crippen LogP contribution < -0.4 is 61.3 Å². The Morgan fingerprint density at radius 2 is 0.279 bits per heavy atom. The average molecular weight is 1170 g/mol. The van der Waals surface area contributed by atoms with Gasteiger partial charge in [0.05, 0.1) is 71.6 Å². The summed E-state index contributed by atoms with van der Waals surface area (Å²) in [5.41, 5.74) is 0. The van der Waals surface area contributed by atoms with Gasteiger partial charge in [-0.3, -0.25) is 29.4 Å². The van der Waals surface area contributed by atoms with Crippen LogP contribution in [0.15, 0.2) is 0 Å². The van der Waals surface area contributed by atoms with Gasteiger partial charge < -0.3 is 119 Å². The first kappa shape index (κ1) is 82.1. The molecule has 0 heterocycles. The normalized spacial score (nSPS) is 9.97.